The number of hydrogen-bond acceptors (Lipinski definition) is 9. The molecule has 170 valence electrons. The van der Waals surface area contributed by atoms with Crippen LogP contribution in [0.3, 0.4) is 0 Å². The van der Waals surface area contributed by atoms with Gasteiger partial charge < -0.3 is 29.0 Å². The maximum absolute atomic E-state index is 11.9. The Balaban J connectivity index is 2.46. The zero-order valence-electron chi connectivity index (χ0n) is 18.1. The van der Waals surface area contributed by atoms with Gasteiger partial charge in [-0.15, -0.1) is 0 Å². The van der Waals surface area contributed by atoms with Crippen LogP contribution in [0.25, 0.3) is 0 Å². The molecule has 10 heteroatoms. The van der Waals surface area contributed by atoms with Gasteiger partial charge in [-0.1, -0.05) is 18.2 Å². The van der Waals surface area contributed by atoms with E-state index in [-0.39, 0.29) is 6.61 Å². The van der Waals surface area contributed by atoms with Crippen molar-refractivity contribution in [3.05, 3.63) is 29.8 Å². The normalized spacial score (nSPS) is 25.1. The van der Waals surface area contributed by atoms with E-state index in [0.717, 1.165) is 5.56 Å². The van der Waals surface area contributed by atoms with E-state index in [1.54, 1.807) is 12.1 Å². The van der Waals surface area contributed by atoms with Crippen LogP contribution in [0, 0.1) is 6.92 Å². The SMILES string of the molecule is CC(=O)N[C@H]1[C@@H](Oc2ccccc2C)O[C@H](COC(C)=O)[C@H](OC(C)=O)[C@@H]1OC(C)=O. The van der Waals surface area contributed by atoms with Crippen LogP contribution < -0.4 is 10.1 Å². The molecular formula is C21H27NO9. The van der Waals surface area contributed by atoms with Crippen molar-refractivity contribution in [2.75, 3.05) is 6.61 Å². The largest absolute Gasteiger partial charge is 0.463 e. The van der Waals surface area contributed by atoms with Gasteiger partial charge in [0.05, 0.1) is 0 Å². The maximum atomic E-state index is 11.9. The predicted octanol–water partition coefficient (Wildman–Crippen LogP) is 1.03. The molecule has 0 unspecified atom stereocenters. The lowest BCUT2D eigenvalue weighted by Gasteiger charge is -2.44. The van der Waals surface area contributed by atoms with E-state index in [2.05, 4.69) is 5.32 Å². The van der Waals surface area contributed by atoms with Crippen LogP contribution in [-0.2, 0) is 38.1 Å². The second-order valence-electron chi connectivity index (χ2n) is 7.10. The highest BCUT2D eigenvalue weighted by atomic mass is 16.7. The molecule has 0 bridgehead atoms. The Bertz CT molecular complexity index is 825. The summed E-state index contributed by atoms with van der Waals surface area (Å²) in [7, 11) is 0. The Kier molecular flexibility index (Phi) is 8.38. The van der Waals surface area contributed by atoms with Gasteiger partial charge in [0.15, 0.2) is 12.2 Å². The Morgan fingerprint density at radius 2 is 1.55 bits per heavy atom. The number of aryl methyl sites for hydroxylation is 1. The Morgan fingerprint density at radius 1 is 0.935 bits per heavy atom. The summed E-state index contributed by atoms with van der Waals surface area (Å²) in [5.74, 6) is -1.88. The van der Waals surface area contributed by atoms with Crippen molar-refractivity contribution in [3.63, 3.8) is 0 Å². The van der Waals surface area contributed by atoms with Crippen LogP contribution in [0.4, 0.5) is 0 Å². The van der Waals surface area contributed by atoms with Crippen molar-refractivity contribution in [2.45, 2.75) is 65.3 Å². The van der Waals surface area contributed by atoms with E-state index in [1.165, 1.54) is 27.7 Å². The molecule has 2 rings (SSSR count). The molecule has 1 aliphatic rings. The third-order valence-corrected chi connectivity index (χ3v) is 4.41. The number of ether oxygens (including phenoxy) is 5. The van der Waals surface area contributed by atoms with Crippen LogP contribution in [0.1, 0.15) is 33.3 Å². The monoisotopic (exact) mass is 437 g/mol. The average molecular weight is 437 g/mol. The van der Waals surface area contributed by atoms with Gasteiger partial charge in [-0.05, 0) is 18.6 Å². The lowest BCUT2D eigenvalue weighted by atomic mass is 9.96. The first kappa shape index (κ1) is 24.1. The van der Waals surface area contributed by atoms with Gasteiger partial charge in [0.2, 0.25) is 12.2 Å². The molecule has 1 fully saturated rings. The van der Waals surface area contributed by atoms with Gasteiger partial charge in [-0.3, -0.25) is 19.2 Å². The highest BCUT2D eigenvalue weighted by molar-refractivity contribution is 5.73. The Hall–Kier alpha value is -3.14. The molecule has 1 N–H and O–H groups in total. The van der Waals surface area contributed by atoms with E-state index in [4.69, 9.17) is 23.7 Å². The highest BCUT2D eigenvalue weighted by Gasteiger charge is 2.52. The van der Waals surface area contributed by atoms with Crippen molar-refractivity contribution in [1.82, 2.24) is 5.32 Å². The van der Waals surface area contributed by atoms with Crippen molar-refractivity contribution in [1.29, 1.82) is 0 Å². The first-order valence-electron chi connectivity index (χ1n) is 9.71. The highest BCUT2D eigenvalue weighted by Crippen LogP contribution is 2.30. The van der Waals surface area contributed by atoms with Gasteiger partial charge in [-0.25, -0.2) is 0 Å². The molecule has 0 aromatic heterocycles. The molecule has 0 aliphatic carbocycles. The minimum atomic E-state index is -1.16. The summed E-state index contributed by atoms with van der Waals surface area (Å²) in [6.45, 7) is 6.40. The zero-order chi connectivity index (χ0) is 23.1. The molecule has 1 heterocycles. The Labute approximate surface area is 180 Å². The molecular weight excluding hydrogens is 410 g/mol. The summed E-state index contributed by atoms with van der Waals surface area (Å²) in [5, 5.41) is 2.65. The minimum Gasteiger partial charge on any atom is -0.463 e. The van der Waals surface area contributed by atoms with E-state index in [9.17, 15) is 19.2 Å². The van der Waals surface area contributed by atoms with Crippen molar-refractivity contribution in [3.8, 4) is 5.75 Å². The summed E-state index contributed by atoms with van der Waals surface area (Å²) in [6, 6.07) is 6.12. The molecule has 1 aromatic carbocycles. The molecule has 10 nitrogen and oxygen atoms in total. The number of benzene rings is 1. The van der Waals surface area contributed by atoms with Crippen LogP contribution in [0.15, 0.2) is 24.3 Å². The van der Waals surface area contributed by atoms with Crippen LogP contribution in [0.5, 0.6) is 5.75 Å². The van der Waals surface area contributed by atoms with Gasteiger partial charge in [0.1, 0.15) is 24.5 Å². The van der Waals surface area contributed by atoms with Crippen molar-refractivity contribution >= 4 is 23.8 Å². The predicted molar refractivity (Wildman–Crippen MR) is 106 cm³/mol. The van der Waals surface area contributed by atoms with Crippen LogP contribution >= 0.6 is 0 Å². The number of carbonyl (C=O) groups is 4. The van der Waals surface area contributed by atoms with Crippen molar-refractivity contribution < 1.29 is 42.9 Å². The summed E-state index contributed by atoms with van der Waals surface area (Å²) < 4.78 is 27.8. The quantitative estimate of drug-likeness (QED) is 0.491. The summed E-state index contributed by atoms with van der Waals surface area (Å²) in [6.07, 6.45) is -4.47. The number of esters is 3. The maximum Gasteiger partial charge on any atom is 0.303 e. The molecule has 1 aromatic rings. The molecule has 0 saturated carbocycles. The number of hydrogen-bond donors (Lipinski definition) is 1. The number of rotatable bonds is 7. The fraction of sp³-hybridized carbons (Fsp3) is 0.524. The molecule has 0 spiro atoms. The first-order valence-corrected chi connectivity index (χ1v) is 9.71. The minimum absolute atomic E-state index is 0.286. The topological polar surface area (TPSA) is 126 Å². The third-order valence-electron chi connectivity index (χ3n) is 4.41. The lowest BCUT2D eigenvalue weighted by molar-refractivity contribution is -0.257. The van der Waals surface area contributed by atoms with E-state index in [1.807, 2.05) is 19.1 Å². The number of amides is 1. The number of nitrogens with one attached hydrogen (secondary N) is 1. The molecule has 1 saturated heterocycles. The van der Waals surface area contributed by atoms with Crippen LogP contribution in [-0.4, -0.2) is 61.1 Å². The molecule has 1 amide bonds. The molecule has 0 radical (unpaired) electrons. The number of para-hydroxylation sites is 1. The fourth-order valence-electron chi connectivity index (χ4n) is 3.21. The van der Waals surface area contributed by atoms with Gasteiger partial charge in [-0.2, -0.15) is 0 Å². The smallest absolute Gasteiger partial charge is 0.303 e. The van der Waals surface area contributed by atoms with E-state index < -0.39 is 54.5 Å². The summed E-state index contributed by atoms with van der Waals surface area (Å²) in [4.78, 5) is 46.8. The second-order valence-corrected chi connectivity index (χ2v) is 7.10. The van der Waals surface area contributed by atoms with E-state index >= 15 is 0 Å². The lowest BCUT2D eigenvalue weighted by Crippen LogP contribution is -2.67. The zero-order valence-corrected chi connectivity index (χ0v) is 18.1. The molecule has 31 heavy (non-hydrogen) atoms. The average Bonchev–Trinajstić information content (AvgIpc) is 2.65. The molecule has 5 atom stereocenters. The standard InChI is InChI=1S/C21H27NO9/c1-11-8-6-7-9-16(11)30-21-18(22-12(2)23)20(29-15(5)26)19(28-14(4)25)17(31-21)10-27-13(3)24/h6-9,17-21H,10H2,1-5H3,(H,22,23)/t17-,18-,19+,20-,21+/m1/s1. The second kappa shape index (κ2) is 10.8. The van der Waals surface area contributed by atoms with Gasteiger partial charge in [0, 0.05) is 27.7 Å². The summed E-state index contributed by atoms with van der Waals surface area (Å²) in [5.41, 5.74) is 0.801. The first-order chi connectivity index (χ1) is 14.6. The van der Waals surface area contributed by atoms with E-state index in [0.29, 0.717) is 5.75 Å². The van der Waals surface area contributed by atoms with Crippen LogP contribution in [0.2, 0.25) is 0 Å². The molecule has 1 aliphatic heterocycles. The van der Waals surface area contributed by atoms with Gasteiger partial charge in [0.25, 0.3) is 0 Å². The summed E-state index contributed by atoms with van der Waals surface area (Å²) >= 11 is 0. The fourth-order valence-corrected chi connectivity index (χ4v) is 3.21. The van der Waals surface area contributed by atoms with Gasteiger partial charge >= 0.3 is 17.9 Å². The van der Waals surface area contributed by atoms with Crippen molar-refractivity contribution in [2.24, 2.45) is 0 Å². The Morgan fingerprint density at radius 3 is 2.10 bits per heavy atom. The number of carbonyl (C=O) groups excluding carboxylic acids is 4. The third kappa shape index (κ3) is 6.95.